The number of halogens is 1. The van der Waals surface area contributed by atoms with E-state index in [9.17, 15) is 20.1 Å². The number of aryl methyl sites for hydroxylation is 1. The van der Waals surface area contributed by atoms with Crippen LogP contribution in [0.1, 0.15) is 23.6 Å². The van der Waals surface area contributed by atoms with Gasteiger partial charge in [-0.2, -0.15) is 0 Å². The molecule has 1 saturated heterocycles. The molecule has 0 aliphatic carbocycles. The summed E-state index contributed by atoms with van der Waals surface area (Å²) in [5.74, 6) is -0.139. The zero-order chi connectivity index (χ0) is 18.4. The highest BCUT2D eigenvalue weighted by Gasteiger charge is 2.47. The van der Waals surface area contributed by atoms with Crippen molar-refractivity contribution < 1.29 is 20.1 Å². The molecule has 25 heavy (non-hydrogen) atoms. The molecule has 0 bridgehead atoms. The normalized spacial score (nSPS) is 20.3. The zero-order valence-electron chi connectivity index (χ0n) is 13.8. The molecule has 1 atom stereocenters. The van der Waals surface area contributed by atoms with Crippen molar-refractivity contribution in [3.63, 3.8) is 0 Å². The highest BCUT2D eigenvalue weighted by molar-refractivity contribution is 8.01. The molecule has 2 aromatic carbocycles. The van der Waals surface area contributed by atoms with Crippen LogP contribution in [0.15, 0.2) is 30.3 Å². The van der Waals surface area contributed by atoms with Crippen LogP contribution in [0.5, 0.6) is 11.5 Å². The molecular formula is C18H18ClNO4S. The summed E-state index contributed by atoms with van der Waals surface area (Å²) in [7, 11) is 0. The van der Waals surface area contributed by atoms with Crippen LogP contribution in [0.25, 0.3) is 0 Å². The molecule has 7 heteroatoms. The molecule has 3 N–H and O–H groups in total. The summed E-state index contributed by atoms with van der Waals surface area (Å²) >= 11 is 7.43. The van der Waals surface area contributed by atoms with E-state index in [1.54, 1.807) is 31.2 Å². The maximum atomic E-state index is 12.6. The molecule has 1 aliphatic rings. The van der Waals surface area contributed by atoms with Crippen molar-refractivity contribution in [2.24, 2.45) is 0 Å². The highest BCUT2D eigenvalue weighted by Crippen LogP contribution is 2.52. The average molecular weight is 380 g/mol. The second-order valence-corrected chi connectivity index (χ2v) is 7.90. The van der Waals surface area contributed by atoms with Crippen molar-refractivity contribution in [1.29, 1.82) is 0 Å². The van der Waals surface area contributed by atoms with Crippen molar-refractivity contribution in [3.05, 3.63) is 52.0 Å². The molecule has 5 nitrogen and oxygen atoms in total. The van der Waals surface area contributed by atoms with Gasteiger partial charge in [0.15, 0.2) is 0 Å². The van der Waals surface area contributed by atoms with Gasteiger partial charge < -0.3 is 15.3 Å². The lowest BCUT2D eigenvalue weighted by Gasteiger charge is -2.36. The lowest BCUT2D eigenvalue weighted by atomic mass is 10.0. The summed E-state index contributed by atoms with van der Waals surface area (Å²) in [6.07, 6.45) is 0. The molecule has 132 valence electrons. The Morgan fingerprint density at radius 1 is 1.28 bits per heavy atom. The van der Waals surface area contributed by atoms with Gasteiger partial charge in [0.25, 0.3) is 0 Å². The van der Waals surface area contributed by atoms with E-state index in [1.165, 1.54) is 22.7 Å². The Balaban J connectivity index is 2.22. The number of carbonyl (C=O) groups excluding carboxylic acids is 1. The second-order valence-electron chi connectivity index (χ2n) is 6.12. The van der Waals surface area contributed by atoms with E-state index < -0.39 is 4.87 Å². The standard InChI is InChI=1S/C18H18ClNO4S/c1-10-3-4-15(22)14(5-10)20-16(23)9-25-18(20,2)12-6-11(8-21)7-13(19)17(12)24/h3-7,21-22,24H,8-9H2,1-2H3. The minimum atomic E-state index is -0.971. The number of thioether (sulfide) groups is 1. The fourth-order valence-corrected chi connectivity index (χ4v) is 4.46. The van der Waals surface area contributed by atoms with Crippen LogP contribution >= 0.6 is 23.4 Å². The fraction of sp³-hybridized carbons (Fsp3) is 0.278. The lowest BCUT2D eigenvalue weighted by Crippen LogP contribution is -2.40. The number of aliphatic hydroxyl groups is 1. The second kappa shape index (κ2) is 6.44. The van der Waals surface area contributed by atoms with Crippen molar-refractivity contribution in [1.82, 2.24) is 0 Å². The van der Waals surface area contributed by atoms with Gasteiger partial charge in [0.05, 0.1) is 23.1 Å². The van der Waals surface area contributed by atoms with Gasteiger partial charge in [-0.05, 0) is 49.2 Å². The number of hydrogen-bond donors (Lipinski definition) is 3. The zero-order valence-corrected chi connectivity index (χ0v) is 15.4. The van der Waals surface area contributed by atoms with Gasteiger partial charge in [0.1, 0.15) is 16.4 Å². The Labute approximate surface area is 154 Å². The van der Waals surface area contributed by atoms with Crippen LogP contribution in [0, 0.1) is 6.92 Å². The summed E-state index contributed by atoms with van der Waals surface area (Å²) in [5.41, 5.74) is 2.22. The number of aliphatic hydroxyl groups excluding tert-OH is 1. The van der Waals surface area contributed by atoms with E-state index in [-0.39, 0.29) is 34.8 Å². The number of benzene rings is 2. The average Bonchev–Trinajstić information content (AvgIpc) is 2.88. The number of carbonyl (C=O) groups is 1. The van der Waals surface area contributed by atoms with Crippen molar-refractivity contribution in [2.75, 3.05) is 10.7 Å². The number of amides is 1. The summed E-state index contributed by atoms with van der Waals surface area (Å²) < 4.78 is 0. The van der Waals surface area contributed by atoms with E-state index in [4.69, 9.17) is 11.6 Å². The first-order valence-electron chi connectivity index (χ1n) is 7.67. The molecule has 0 radical (unpaired) electrons. The number of nitrogens with zero attached hydrogens (tertiary/aromatic N) is 1. The number of anilines is 1. The molecular weight excluding hydrogens is 362 g/mol. The van der Waals surface area contributed by atoms with Gasteiger partial charge in [0, 0.05) is 5.56 Å². The van der Waals surface area contributed by atoms with Crippen LogP contribution in [0.3, 0.4) is 0 Å². The first-order chi connectivity index (χ1) is 11.8. The van der Waals surface area contributed by atoms with Crippen LogP contribution in [-0.4, -0.2) is 27.0 Å². The van der Waals surface area contributed by atoms with Crippen molar-refractivity contribution in [2.45, 2.75) is 25.3 Å². The van der Waals surface area contributed by atoms with E-state index >= 15 is 0 Å². The van der Waals surface area contributed by atoms with E-state index in [2.05, 4.69) is 0 Å². The number of rotatable bonds is 3. The smallest absolute Gasteiger partial charge is 0.238 e. The van der Waals surface area contributed by atoms with Crippen molar-refractivity contribution >= 4 is 35.0 Å². The Morgan fingerprint density at radius 2 is 2.00 bits per heavy atom. The Bertz CT molecular complexity index is 857. The third kappa shape index (κ3) is 2.94. The van der Waals surface area contributed by atoms with Gasteiger partial charge in [-0.15, -0.1) is 11.8 Å². The number of phenols is 2. The Morgan fingerprint density at radius 3 is 2.68 bits per heavy atom. The third-order valence-electron chi connectivity index (χ3n) is 4.33. The summed E-state index contributed by atoms with van der Waals surface area (Å²) in [4.78, 5) is 13.1. The maximum absolute atomic E-state index is 12.6. The molecule has 1 aliphatic heterocycles. The maximum Gasteiger partial charge on any atom is 0.238 e. The summed E-state index contributed by atoms with van der Waals surface area (Å²) in [5, 5.41) is 30.3. The van der Waals surface area contributed by atoms with Crippen LogP contribution < -0.4 is 4.90 Å². The summed E-state index contributed by atoms with van der Waals surface area (Å²) in [6, 6.07) is 8.14. The number of phenolic OH excluding ortho intramolecular Hbond substituents is 2. The van der Waals surface area contributed by atoms with Crippen LogP contribution in [-0.2, 0) is 16.3 Å². The van der Waals surface area contributed by atoms with E-state index in [0.717, 1.165) is 5.56 Å². The molecule has 0 saturated carbocycles. The molecule has 0 aromatic heterocycles. The Kier molecular flexibility index (Phi) is 4.62. The monoisotopic (exact) mass is 379 g/mol. The van der Waals surface area contributed by atoms with Crippen molar-refractivity contribution in [3.8, 4) is 11.5 Å². The largest absolute Gasteiger partial charge is 0.506 e. The van der Waals surface area contributed by atoms with Gasteiger partial charge in [-0.3, -0.25) is 9.69 Å². The van der Waals surface area contributed by atoms with Gasteiger partial charge in [-0.25, -0.2) is 0 Å². The minimum absolute atomic E-state index is 0.0171. The predicted octanol–water partition coefficient (Wildman–Crippen LogP) is 3.50. The molecule has 0 spiro atoms. The van der Waals surface area contributed by atoms with E-state index in [1.807, 2.05) is 6.92 Å². The minimum Gasteiger partial charge on any atom is -0.506 e. The lowest BCUT2D eigenvalue weighted by molar-refractivity contribution is -0.116. The molecule has 3 rings (SSSR count). The predicted molar refractivity (Wildman–Crippen MR) is 99.2 cm³/mol. The Hall–Kier alpha value is -1.89. The SMILES string of the molecule is Cc1ccc(O)c(N2C(=O)CSC2(C)c2cc(CO)cc(Cl)c2O)c1. The van der Waals surface area contributed by atoms with Crippen LogP contribution in [0.2, 0.25) is 5.02 Å². The first-order valence-corrected chi connectivity index (χ1v) is 9.03. The fourth-order valence-electron chi connectivity index (χ4n) is 3.04. The van der Waals surface area contributed by atoms with E-state index in [0.29, 0.717) is 16.8 Å². The molecule has 1 fully saturated rings. The van der Waals surface area contributed by atoms with Gasteiger partial charge >= 0.3 is 0 Å². The quantitative estimate of drug-likeness (QED) is 0.760. The van der Waals surface area contributed by atoms with Gasteiger partial charge in [0.2, 0.25) is 5.91 Å². The van der Waals surface area contributed by atoms with Gasteiger partial charge in [-0.1, -0.05) is 17.7 Å². The first kappa shape index (κ1) is 17.9. The molecule has 1 unspecified atom stereocenters. The molecule has 1 amide bonds. The number of aromatic hydroxyl groups is 2. The molecule has 2 aromatic rings. The molecule has 1 heterocycles. The van der Waals surface area contributed by atoms with Crippen LogP contribution in [0.4, 0.5) is 5.69 Å². The third-order valence-corrected chi connectivity index (χ3v) is 5.97. The number of hydrogen-bond acceptors (Lipinski definition) is 5. The topological polar surface area (TPSA) is 81.0 Å². The highest BCUT2D eigenvalue weighted by atomic mass is 35.5. The summed E-state index contributed by atoms with van der Waals surface area (Å²) in [6.45, 7) is 3.42.